The van der Waals surface area contributed by atoms with E-state index in [2.05, 4.69) is 26.1 Å². The van der Waals surface area contributed by atoms with Crippen molar-refractivity contribution in [2.75, 3.05) is 26.8 Å². The number of aryl methyl sites for hydroxylation is 3. The molecule has 4 nitrogen and oxygen atoms in total. The standard InChI is InChI=1S/C16H29N3O/c1-5-8-16-18-14(6-2)13(15(7-3)19-16)9-10-17-11-12-20-4/h17H,5-12H2,1-4H3. The molecule has 0 bridgehead atoms. The van der Waals surface area contributed by atoms with E-state index >= 15 is 0 Å². The highest BCUT2D eigenvalue weighted by Crippen LogP contribution is 2.15. The number of hydrogen-bond acceptors (Lipinski definition) is 4. The topological polar surface area (TPSA) is 47.0 Å². The Morgan fingerprint density at radius 2 is 1.60 bits per heavy atom. The van der Waals surface area contributed by atoms with Crippen LogP contribution in [-0.4, -0.2) is 36.8 Å². The van der Waals surface area contributed by atoms with Gasteiger partial charge in [-0.15, -0.1) is 0 Å². The van der Waals surface area contributed by atoms with Gasteiger partial charge in [-0.2, -0.15) is 0 Å². The molecule has 0 aliphatic rings. The number of nitrogens with one attached hydrogen (secondary N) is 1. The summed E-state index contributed by atoms with van der Waals surface area (Å²) in [6, 6.07) is 0. The molecule has 0 radical (unpaired) electrons. The Bertz CT molecular complexity index is 368. The first-order valence-electron chi connectivity index (χ1n) is 7.83. The lowest BCUT2D eigenvalue weighted by Crippen LogP contribution is -2.23. The van der Waals surface area contributed by atoms with E-state index in [4.69, 9.17) is 14.7 Å². The average molecular weight is 279 g/mol. The molecule has 0 aliphatic carbocycles. The van der Waals surface area contributed by atoms with Crippen LogP contribution in [0.25, 0.3) is 0 Å². The van der Waals surface area contributed by atoms with Gasteiger partial charge in [-0.25, -0.2) is 9.97 Å². The van der Waals surface area contributed by atoms with E-state index in [-0.39, 0.29) is 0 Å². The molecule has 1 rings (SSSR count). The van der Waals surface area contributed by atoms with Gasteiger partial charge in [0.2, 0.25) is 0 Å². The first kappa shape index (κ1) is 17.1. The van der Waals surface area contributed by atoms with Crippen molar-refractivity contribution in [2.45, 2.75) is 52.9 Å². The number of rotatable bonds is 10. The van der Waals surface area contributed by atoms with Gasteiger partial charge in [0.1, 0.15) is 5.82 Å². The highest BCUT2D eigenvalue weighted by Gasteiger charge is 2.11. The minimum Gasteiger partial charge on any atom is -0.383 e. The first-order valence-corrected chi connectivity index (χ1v) is 7.83. The summed E-state index contributed by atoms with van der Waals surface area (Å²) in [7, 11) is 1.73. The second kappa shape index (κ2) is 9.83. The molecule has 0 saturated carbocycles. The Morgan fingerprint density at radius 1 is 0.950 bits per heavy atom. The third kappa shape index (κ3) is 5.17. The minimum absolute atomic E-state index is 0.757. The van der Waals surface area contributed by atoms with Gasteiger partial charge in [-0.1, -0.05) is 20.8 Å². The fourth-order valence-corrected chi connectivity index (χ4v) is 2.36. The molecule has 0 amide bonds. The molecule has 0 atom stereocenters. The van der Waals surface area contributed by atoms with Crippen molar-refractivity contribution in [3.05, 3.63) is 22.8 Å². The van der Waals surface area contributed by atoms with Crippen LogP contribution in [-0.2, 0) is 30.4 Å². The summed E-state index contributed by atoms with van der Waals surface area (Å²) in [5.41, 5.74) is 3.81. The monoisotopic (exact) mass is 279 g/mol. The molecule has 114 valence electrons. The molecule has 0 aromatic carbocycles. The van der Waals surface area contributed by atoms with Crippen LogP contribution in [0.3, 0.4) is 0 Å². The van der Waals surface area contributed by atoms with E-state index in [1.807, 2.05) is 0 Å². The lowest BCUT2D eigenvalue weighted by molar-refractivity contribution is 0.199. The van der Waals surface area contributed by atoms with E-state index in [1.165, 1.54) is 17.0 Å². The van der Waals surface area contributed by atoms with Gasteiger partial charge < -0.3 is 10.1 Å². The second-order valence-electron chi connectivity index (χ2n) is 4.96. The number of methoxy groups -OCH3 is 1. The maximum absolute atomic E-state index is 5.04. The summed E-state index contributed by atoms with van der Waals surface area (Å²) in [6.07, 6.45) is 5.05. The molecule has 4 heteroatoms. The lowest BCUT2D eigenvalue weighted by atomic mass is 10.0. The number of aromatic nitrogens is 2. The van der Waals surface area contributed by atoms with Crippen molar-refractivity contribution in [1.82, 2.24) is 15.3 Å². The first-order chi connectivity index (χ1) is 9.76. The largest absolute Gasteiger partial charge is 0.383 e. The Labute approximate surface area is 123 Å². The summed E-state index contributed by atoms with van der Waals surface area (Å²) in [4.78, 5) is 9.48. The zero-order valence-corrected chi connectivity index (χ0v) is 13.5. The maximum Gasteiger partial charge on any atom is 0.128 e. The van der Waals surface area contributed by atoms with Crippen LogP contribution in [0.5, 0.6) is 0 Å². The van der Waals surface area contributed by atoms with Crippen molar-refractivity contribution in [2.24, 2.45) is 0 Å². The predicted octanol–water partition coefficient (Wildman–Crippen LogP) is 2.33. The van der Waals surface area contributed by atoms with Crippen molar-refractivity contribution in [3.63, 3.8) is 0 Å². The molecule has 0 unspecified atom stereocenters. The van der Waals surface area contributed by atoms with Crippen LogP contribution in [0.15, 0.2) is 0 Å². The highest BCUT2D eigenvalue weighted by molar-refractivity contribution is 5.27. The smallest absolute Gasteiger partial charge is 0.128 e. The number of hydrogen-bond donors (Lipinski definition) is 1. The molecule has 0 aliphatic heterocycles. The van der Waals surface area contributed by atoms with E-state index in [0.717, 1.165) is 57.6 Å². The van der Waals surface area contributed by atoms with Gasteiger partial charge in [0.05, 0.1) is 6.61 Å². The van der Waals surface area contributed by atoms with E-state index in [9.17, 15) is 0 Å². The molecule has 1 aromatic rings. The Balaban J connectivity index is 2.76. The molecule has 0 fully saturated rings. The quantitative estimate of drug-likeness (QED) is 0.668. The molecular formula is C16H29N3O. The molecular weight excluding hydrogens is 250 g/mol. The normalized spacial score (nSPS) is 11.0. The summed E-state index contributed by atoms with van der Waals surface area (Å²) in [5, 5.41) is 3.40. The van der Waals surface area contributed by atoms with Crippen LogP contribution in [0, 0.1) is 0 Å². The Kier molecular flexibility index (Phi) is 8.38. The summed E-state index contributed by atoms with van der Waals surface area (Å²) in [6.45, 7) is 9.15. The Hall–Kier alpha value is -1.00. The molecule has 0 saturated heterocycles. The molecule has 1 heterocycles. The maximum atomic E-state index is 5.04. The summed E-state index contributed by atoms with van der Waals surface area (Å²) in [5.74, 6) is 1.01. The van der Waals surface area contributed by atoms with Gasteiger partial charge in [0.25, 0.3) is 0 Å². The summed E-state index contributed by atoms with van der Waals surface area (Å²) >= 11 is 0. The van der Waals surface area contributed by atoms with Crippen molar-refractivity contribution >= 4 is 0 Å². The van der Waals surface area contributed by atoms with Crippen molar-refractivity contribution in [1.29, 1.82) is 0 Å². The van der Waals surface area contributed by atoms with Gasteiger partial charge in [-0.05, 0) is 37.8 Å². The SMILES string of the molecule is CCCc1nc(CC)c(CCNCCOC)c(CC)n1. The van der Waals surface area contributed by atoms with Crippen molar-refractivity contribution in [3.8, 4) is 0 Å². The van der Waals surface area contributed by atoms with Crippen LogP contribution < -0.4 is 5.32 Å². The fraction of sp³-hybridized carbons (Fsp3) is 0.750. The second-order valence-corrected chi connectivity index (χ2v) is 4.96. The molecule has 0 spiro atoms. The zero-order chi connectivity index (χ0) is 14.8. The number of ether oxygens (including phenoxy) is 1. The third-order valence-corrected chi connectivity index (χ3v) is 3.40. The minimum atomic E-state index is 0.757. The zero-order valence-electron chi connectivity index (χ0n) is 13.5. The van der Waals surface area contributed by atoms with Gasteiger partial charge in [0.15, 0.2) is 0 Å². The Morgan fingerprint density at radius 3 is 2.10 bits per heavy atom. The van der Waals surface area contributed by atoms with E-state index < -0.39 is 0 Å². The molecule has 20 heavy (non-hydrogen) atoms. The highest BCUT2D eigenvalue weighted by atomic mass is 16.5. The lowest BCUT2D eigenvalue weighted by Gasteiger charge is -2.14. The van der Waals surface area contributed by atoms with E-state index in [0.29, 0.717) is 0 Å². The molecule has 1 aromatic heterocycles. The van der Waals surface area contributed by atoms with Crippen LogP contribution >= 0.6 is 0 Å². The number of nitrogens with zero attached hydrogens (tertiary/aromatic N) is 2. The van der Waals surface area contributed by atoms with Crippen LogP contribution in [0.4, 0.5) is 0 Å². The fourth-order valence-electron chi connectivity index (χ4n) is 2.36. The van der Waals surface area contributed by atoms with Crippen LogP contribution in [0.2, 0.25) is 0 Å². The van der Waals surface area contributed by atoms with Crippen LogP contribution in [0.1, 0.15) is 50.0 Å². The molecule has 1 N–H and O–H groups in total. The van der Waals surface area contributed by atoms with Gasteiger partial charge >= 0.3 is 0 Å². The van der Waals surface area contributed by atoms with E-state index in [1.54, 1.807) is 7.11 Å². The summed E-state index contributed by atoms with van der Waals surface area (Å²) < 4.78 is 5.04. The predicted molar refractivity (Wildman–Crippen MR) is 83.2 cm³/mol. The van der Waals surface area contributed by atoms with Gasteiger partial charge in [0, 0.05) is 31.5 Å². The average Bonchev–Trinajstić information content (AvgIpc) is 2.47. The van der Waals surface area contributed by atoms with Gasteiger partial charge in [-0.3, -0.25) is 0 Å². The van der Waals surface area contributed by atoms with Crippen molar-refractivity contribution < 1.29 is 4.74 Å². The third-order valence-electron chi connectivity index (χ3n) is 3.40.